The largest absolute Gasteiger partial charge is 0.353 e. The molecule has 5 nitrogen and oxygen atoms in total. The van der Waals surface area contributed by atoms with Crippen molar-refractivity contribution in [2.24, 2.45) is 0 Å². The Morgan fingerprint density at radius 3 is 2.92 bits per heavy atom. The Morgan fingerprint density at radius 2 is 2.24 bits per heavy atom. The first kappa shape index (κ1) is 16.8. The van der Waals surface area contributed by atoms with E-state index < -0.39 is 11.3 Å². The molecule has 0 bridgehead atoms. The van der Waals surface area contributed by atoms with Crippen molar-refractivity contribution in [3.05, 3.63) is 51.7 Å². The average molecular weight is 379 g/mol. The van der Waals surface area contributed by atoms with Crippen LogP contribution in [0.1, 0.15) is 18.2 Å². The van der Waals surface area contributed by atoms with E-state index in [1.165, 1.54) is 4.88 Å². The van der Waals surface area contributed by atoms with Gasteiger partial charge in [-0.25, -0.2) is 9.78 Å². The Morgan fingerprint density at radius 1 is 1.36 bits per heavy atom. The van der Waals surface area contributed by atoms with Gasteiger partial charge in [-0.1, -0.05) is 23.7 Å². The topological polar surface area (TPSA) is 50.8 Å². The summed E-state index contributed by atoms with van der Waals surface area (Å²) in [5, 5.41) is 5.69. The van der Waals surface area contributed by atoms with Crippen LogP contribution in [0.25, 0.3) is 0 Å². The molecule has 0 aliphatic carbocycles. The van der Waals surface area contributed by atoms with Crippen molar-refractivity contribution in [3.8, 4) is 0 Å². The van der Waals surface area contributed by atoms with E-state index in [0.717, 1.165) is 12.1 Å². The maximum absolute atomic E-state index is 12.8. The number of nitrogens with one attached hydrogen (secondary N) is 1. The fourth-order valence-electron chi connectivity index (χ4n) is 3.56. The Kier molecular flexibility index (Phi) is 4.24. The highest BCUT2D eigenvalue weighted by Gasteiger charge is 2.72. The standard InChI is InChI=1S/C18H19ClN2O3S/c1-17-18(24-23-17,16(22)20-9-7-15-6-3-11-25-15)8-10-21(17)14-5-2-4-13(19)12-14/h2-6,11-12H,7-10H2,1H3,(H,20,22)/t17?,18-/m1/s1. The summed E-state index contributed by atoms with van der Waals surface area (Å²) in [6, 6.07) is 11.6. The van der Waals surface area contributed by atoms with Crippen LogP contribution in [0.4, 0.5) is 5.69 Å². The molecule has 1 unspecified atom stereocenters. The molecule has 2 fully saturated rings. The molecule has 25 heavy (non-hydrogen) atoms. The first-order valence-corrected chi connectivity index (χ1v) is 9.52. The molecule has 1 N–H and O–H groups in total. The van der Waals surface area contributed by atoms with Gasteiger partial charge in [0.15, 0.2) is 0 Å². The number of carbonyl (C=O) groups excluding carboxylic acids is 1. The van der Waals surface area contributed by atoms with Crippen LogP contribution in [0.5, 0.6) is 0 Å². The quantitative estimate of drug-likeness (QED) is 0.810. The van der Waals surface area contributed by atoms with Crippen molar-refractivity contribution < 1.29 is 14.6 Å². The number of hydrogen-bond donors (Lipinski definition) is 1. The highest BCUT2D eigenvalue weighted by atomic mass is 35.5. The third-order valence-electron chi connectivity index (χ3n) is 5.02. The Balaban J connectivity index is 1.47. The lowest BCUT2D eigenvalue weighted by Crippen LogP contribution is -2.73. The molecule has 1 aromatic heterocycles. The van der Waals surface area contributed by atoms with Crippen molar-refractivity contribution in [1.82, 2.24) is 5.32 Å². The number of nitrogens with zero attached hydrogens (tertiary/aromatic N) is 1. The fourth-order valence-corrected chi connectivity index (χ4v) is 4.45. The predicted octanol–water partition coefficient (Wildman–Crippen LogP) is 3.39. The number of anilines is 1. The number of rotatable bonds is 5. The smallest absolute Gasteiger partial charge is 0.260 e. The van der Waals surface area contributed by atoms with Gasteiger partial charge in [-0.2, -0.15) is 0 Å². The van der Waals surface area contributed by atoms with E-state index in [2.05, 4.69) is 11.4 Å². The van der Waals surface area contributed by atoms with Gasteiger partial charge in [-0.15, -0.1) is 11.3 Å². The minimum atomic E-state index is -0.981. The van der Waals surface area contributed by atoms with Gasteiger partial charge in [0.2, 0.25) is 11.3 Å². The molecule has 2 atom stereocenters. The lowest BCUT2D eigenvalue weighted by Gasteiger charge is -2.51. The molecule has 0 spiro atoms. The van der Waals surface area contributed by atoms with Crippen LogP contribution in [0.3, 0.4) is 0 Å². The number of halogens is 1. The predicted molar refractivity (Wildman–Crippen MR) is 97.8 cm³/mol. The molecule has 1 aromatic carbocycles. The number of hydrogen-bond acceptors (Lipinski definition) is 5. The molecule has 2 saturated heterocycles. The molecule has 1 amide bonds. The van der Waals surface area contributed by atoms with Gasteiger partial charge in [-0.05, 0) is 43.0 Å². The van der Waals surface area contributed by atoms with Crippen molar-refractivity contribution >= 4 is 34.5 Å². The van der Waals surface area contributed by atoms with Crippen LogP contribution in [0.15, 0.2) is 41.8 Å². The van der Waals surface area contributed by atoms with Crippen LogP contribution < -0.4 is 10.2 Å². The zero-order valence-electron chi connectivity index (χ0n) is 13.8. The molecule has 0 radical (unpaired) electrons. The summed E-state index contributed by atoms with van der Waals surface area (Å²) in [6.45, 7) is 3.14. The van der Waals surface area contributed by atoms with Crippen molar-refractivity contribution in [2.75, 3.05) is 18.0 Å². The number of amides is 1. The highest BCUT2D eigenvalue weighted by molar-refractivity contribution is 7.09. The maximum Gasteiger partial charge on any atom is 0.260 e. The second-order valence-electron chi connectivity index (χ2n) is 6.44. The maximum atomic E-state index is 12.8. The lowest BCUT2D eigenvalue weighted by atomic mass is 9.88. The second kappa shape index (κ2) is 6.29. The van der Waals surface area contributed by atoms with Gasteiger partial charge in [0.1, 0.15) is 0 Å². The number of thiophene rings is 1. The van der Waals surface area contributed by atoms with E-state index in [1.807, 2.05) is 47.5 Å². The molecular weight excluding hydrogens is 360 g/mol. The molecule has 0 saturated carbocycles. The summed E-state index contributed by atoms with van der Waals surface area (Å²) >= 11 is 7.80. The van der Waals surface area contributed by atoms with Crippen molar-refractivity contribution in [2.45, 2.75) is 31.1 Å². The van der Waals surface area contributed by atoms with E-state index in [1.54, 1.807) is 11.3 Å². The lowest BCUT2D eigenvalue weighted by molar-refractivity contribution is -0.523. The van der Waals surface area contributed by atoms with E-state index in [-0.39, 0.29) is 5.91 Å². The van der Waals surface area contributed by atoms with Gasteiger partial charge in [0.05, 0.1) is 0 Å². The number of benzene rings is 1. The normalized spacial score (nSPS) is 27.7. The summed E-state index contributed by atoms with van der Waals surface area (Å²) < 4.78 is 0. The first-order valence-electron chi connectivity index (χ1n) is 8.26. The molecule has 2 aliphatic heterocycles. The molecule has 3 heterocycles. The summed E-state index contributed by atoms with van der Waals surface area (Å²) in [7, 11) is 0. The van der Waals surface area contributed by atoms with Crippen LogP contribution in [0, 0.1) is 0 Å². The van der Waals surface area contributed by atoms with Gasteiger partial charge in [-0.3, -0.25) is 4.79 Å². The zero-order chi connectivity index (χ0) is 17.5. The van der Waals surface area contributed by atoms with E-state index in [0.29, 0.717) is 24.5 Å². The zero-order valence-corrected chi connectivity index (χ0v) is 15.4. The highest BCUT2D eigenvalue weighted by Crippen LogP contribution is 2.52. The number of carbonyl (C=O) groups is 1. The fraction of sp³-hybridized carbons (Fsp3) is 0.389. The second-order valence-corrected chi connectivity index (χ2v) is 7.91. The van der Waals surface area contributed by atoms with Crippen LogP contribution in [-0.2, 0) is 21.0 Å². The van der Waals surface area contributed by atoms with Crippen molar-refractivity contribution in [3.63, 3.8) is 0 Å². The average Bonchev–Trinajstić information content (AvgIpc) is 3.16. The van der Waals surface area contributed by atoms with Gasteiger partial charge in [0, 0.05) is 35.1 Å². The monoisotopic (exact) mass is 378 g/mol. The van der Waals surface area contributed by atoms with E-state index in [4.69, 9.17) is 21.4 Å². The van der Waals surface area contributed by atoms with Gasteiger partial charge in [0.25, 0.3) is 5.91 Å². The van der Waals surface area contributed by atoms with Crippen LogP contribution in [0.2, 0.25) is 5.02 Å². The van der Waals surface area contributed by atoms with Crippen molar-refractivity contribution in [1.29, 1.82) is 0 Å². The third-order valence-corrected chi connectivity index (χ3v) is 6.19. The molecule has 7 heteroatoms. The minimum Gasteiger partial charge on any atom is -0.353 e. The Labute approximate surface area is 155 Å². The SMILES string of the molecule is CC12OO[C@@]1(C(=O)NCCc1cccs1)CCN2c1cccc(Cl)c1. The van der Waals surface area contributed by atoms with Gasteiger partial charge < -0.3 is 10.2 Å². The molecule has 2 aromatic rings. The summed E-state index contributed by atoms with van der Waals surface area (Å²) in [6.07, 6.45) is 1.38. The summed E-state index contributed by atoms with van der Waals surface area (Å²) in [5.74, 6) is -0.123. The summed E-state index contributed by atoms with van der Waals surface area (Å²) in [5.41, 5.74) is -0.887. The van der Waals surface area contributed by atoms with E-state index >= 15 is 0 Å². The Hall–Kier alpha value is -1.60. The third kappa shape index (κ3) is 2.64. The summed E-state index contributed by atoms with van der Waals surface area (Å²) in [4.78, 5) is 27.0. The first-order chi connectivity index (χ1) is 12.1. The molecule has 132 valence electrons. The number of fused-ring (bicyclic) bond motifs is 1. The van der Waals surface area contributed by atoms with Crippen LogP contribution >= 0.6 is 22.9 Å². The molecular formula is C18H19ClN2O3S. The minimum absolute atomic E-state index is 0.123. The van der Waals surface area contributed by atoms with Gasteiger partial charge >= 0.3 is 0 Å². The van der Waals surface area contributed by atoms with Crippen LogP contribution in [-0.4, -0.2) is 30.3 Å². The molecule has 2 aliphatic rings. The Bertz CT molecular complexity index is 784. The molecule has 4 rings (SSSR count). The van der Waals surface area contributed by atoms with E-state index in [9.17, 15) is 4.79 Å².